The van der Waals surface area contributed by atoms with Gasteiger partial charge in [-0.2, -0.15) is 0 Å². The second-order valence-electron chi connectivity index (χ2n) is 4.41. The molecule has 100 valence electrons. The van der Waals surface area contributed by atoms with Gasteiger partial charge in [0.15, 0.2) is 0 Å². The molecule has 0 fully saturated rings. The van der Waals surface area contributed by atoms with E-state index >= 15 is 0 Å². The third-order valence-electron chi connectivity index (χ3n) is 3.14. The van der Waals surface area contributed by atoms with Crippen LogP contribution in [0.25, 0.3) is 4.48 Å². The van der Waals surface area contributed by atoms with Crippen LogP contribution in [0.4, 0.5) is 0 Å². The van der Waals surface area contributed by atoms with Crippen molar-refractivity contribution in [2.45, 2.75) is 0 Å². The first-order valence-electron chi connectivity index (χ1n) is 6.12. The minimum Gasteiger partial charge on any atom is -0.280 e. The Hall–Kier alpha value is -1.09. The lowest BCUT2D eigenvalue weighted by Gasteiger charge is -2.12. The Balaban J connectivity index is 2.25. The zero-order valence-corrected chi connectivity index (χ0v) is 13.5. The molecule has 2 aromatic carbocycles. The minimum atomic E-state index is 0.605. The summed E-state index contributed by atoms with van der Waals surface area (Å²) in [6.45, 7) is 0.605. The topological polar surface area (TPSA) is 12.4 Å². The predicted molar refractivity (Wildman–Crippen MR) is 90.3 cm³/mol. The largest absolute Gasteiger partial charge is 0.280 e. The van der Waals surface area contributed by atoms with E-state index in [9.17, 15) is 0 Å². The van der Waals surface area contributed by atoms with Crippen molar-refractivity contribution in [3.05, 3.63) is 75.3 Å². The molecule has 1 nitrogen and oxygen atoms in total. The normalized spacial score (nSPS) is 14.2. The highest BCUT2D eigenvalue weighted by Gasteiger charge is 2.18. The molecule has 1 aliphatic rings. The van der Waals surface area contributed by atoms with Crippen molar-refractivity contribution >= 4 is 49.3 Å². The molecule has 0 saturated carbocycles. The van der Waals surface area contributed by atoms with Gasteiger partial charge in [-0.1, -0.05) is 63.4 Å². The Morgan fingerprint density at radius 3 is 2.55 bits per heavy atom. The van der Waals surface area contributed by atoms with Crippen molar-refractivity contribution < 1.29 is 0 Å². The van der Waals surface area contributed by atoms with E-state index in [0.717, 1.165) is 26.9 Å². The van der Waals surface area contributed by atoms with Crippen LogP contribution in [0.15, 0.2) is 53.5 Å². The van der Waals surface area contributed by atoms with Gasteiger partial charge < -0.3 is 0 Å². The number of benzene rings is 2. The fraction of sp³-hybridized carbons (Fsp3) is 0.0625. The minimum absolute atomic E-state index is 0.605. The van der Waals surface area contributed by atoms with E-state index in [2.05, 4.69) is 20.9 Å². The van der Waals surface area contributed by atoms with Gasteiger partial charge in [-0.3, -0.25) is 4.99 Å². The van der Waals surface area contributed by atoms with E-state index in [-0.39, 0.29) is 0 Å². The van der Waals surface area contributed by atoms with Gasteiger partial charge in [0.25, 0.3) is 0 Å². The van der Waals surface area contributed by atoms with Crippen LogP contribution in [0.3, 0.4) is 0 Å². The molecule has 0 atom stereocenters. The van der Waals surface area contributed by atoms with E-state index in [0.29, 0.717) is 16.6 Å². The first-order valence-corrected chi connectivity index (χ1v) is 7.67. The number of aliphatic imine (C=N–C) groups is 1. The molecule has 0 spiro atoms. The fourth-order valence-corrected chi connectivity index (χ4v) is 3.10. The second kappa shape index (κ2) is 5.72. The molecule has 1 aliphatic heterocycles. The zero-order chi connectivity index (χ0) is 14.1. The molecule has 0 aliphatic carbocycles. The monoisotopic (exact) mass is 365 g/mol. The van der Waals surface area contributed by atoms with Gasteiger partial charge >= 0.3 is 0 Å². The van der Waals surface area contributed by atoms with E-state index in [1.165, 1.54) is 0 Å². The number of rotatable bonds is 1. The molecule has 0 unspecified atom stereocenters. The summed E-state index contributed by atoms with van der Waals surface area (Å²) in [5.74, 6) is 0. The Labute approximate surface area is 136 Å². The number of hydrogen-bond acceptors (Lipinski definition) is 1. The van der Waals surface area contributed by atoms with Gasteiger partial charge in [0.1, 0.15) is 0 Å². The van der Waals surface area contributed by atoms with Crippen molar-refractivity contribution in [2.75, 3.05) is 6.54 Å². The molecule has 0 radical (unpaired) electrons. The molecule has 20 heavy (non-hydrogen) atoms. The number of hydrogen-bond donors (Lipinski definition) is 0. The number of nitrogens with zero attached hydrogens (tertiary/aromatic N) is 1. The van der Waals surface area contributed by atoms with Crippen molar-refractivity contribution in [2.24, 2.45) is 4.99 Å². The molecule has 0 bridgehead atoms. The van der Waals surface area contributed by atoms with Crippen molar-refractivity contribution in [3.8, 4) is 0 Å². The first kappa shape index (κ1) is 13.9. The number of halogens is 3. The number of fused-ring (bicyclic) bond motifs is 1. The maximum atomic E-state index is 6.31. The molecule has 0 saturated heterocycles. The Kier molecular flexibility index (Phi) is 3.97. The molecule has 0 aromatic heterocycles. The maximum Gasteiger partial charge on any atom is 0.0744 e. The van der Waals surface area contributed by atoms with Gasteiger partial charge in [0, 0.05) is 25.7 Å². The summed E-state index contributed by atoms with van der Waals surface area (Å²) < 4.78 is 1.02. The summed E-state index contributed by atoms with van der Waals surface area (Å²) in [6.07, 6.45) is 2.04. The highest BCUT2D eigenvalue weighted by Crippen LogP contribution is 2.32. The van der Waals surface area contributed by atoms with Crippen molar-refractivity contribution in [3.63, 3.8) is 0 Å². The summed E-state index contributed by atoms with van der Waals surface area (Å²) in [7, 11) is 0. The zero-order valence-electron chi connectivity index (χ0n) is 10.4. The standard InChI is InChI=1S/C16H10BrCl2N/c17-14-7-8-20-16(12-3-1-2-4-15(12)19)13-9-10(18)5-6-11(13)14/h1-7,9H,8H2. The van der Waals surface area contributed by atoms with Crippen LogP contribution in [0.1, 0.15) is 16.7 Å². The van der Waals surface area contributed by atoms with Crippen LogP contribution in [0, 0.1) is 0 Å². The van der Waals surface area contributed by atoms with Crippen LogP contribution in [-0.2, 0) is 0 Å². The second-order valence-corrected chi connectivity index (χ2v) is 6.11. The highest BCUT2D eigenvalue weighted by molar-refractivity contribution is 9.15. The third-order valence-corrected chi connectivity index (χ3v) is 4.46. The predicted octanol–water partition coefficient (Wildman–Crippen LogP) is 5.58. The van der Waals surface area contributed by atoms with E-state index in [1.54, 1.807) is 0 Å². The van der Waals surface area contributed by atoms with Gasteiger partial charge in [-0.05, 0) is 29.8 Å². The average molecular weight is 367 g/mol. The lowest BCUT2D eigenvalue weighted by molar-refractivity contribution is 1.25. The lowest BCUT2D eigenvalue weighted by Crippen LogP contribution is -2.06. The highest BCUT2D eigenvalue weighted by atomic mass is 79.9. The van der Waals surface area contributed by atoms with Crippen molar-refractivity contribution in [1.29, 1.82) is 0 Å². The fourth-order valence-electron chi connectivity index (χ4n) is 2.22. The molecule has 2 aromatic rings. The Morgan fingerprint density at radius 1 is 0.950 bits per heavy atom. The van der Waals surface area contributed by atoms with Crippen LogP contribution >= 0.6 is 39.1 Å². The van der Waals surface area contributed by atoms with Crippen LogP contribution in [0.5, 0.6) is 0 Å². The molecular formula is C16H10BrCl2N. The molecular weight excluding hydrogens is 357 g/mol. The smallest absolute Gasteiger partial charge is 0.0744 e. The van der Waals surface area contributed by atoms with Crippen LogP contribution < -0.4 is 0 Å². The van der Waals surface area contributed by atoms with Gasteiger partial charge in [-0.25, -0.2) is 0 Å². The quantitative estimate of drug-likeness (QED) is 0.624. The summed E-state index contributed by atoms with van der Waals surface area (Å²) >= 11 is 16.1. The Bertz CT molecular complexity index is 735. The first-order chi connectivity index (χ1) is 9.66. The average Bonchev–Trinajstić information content (AvgIpc) is 2.59. The SMILES string of the molecule is Clc1ccc2c(c1)C(c1ccccc1Cl)=NCC=C2Br. The third kappa shape index (κ3) is 2.56. The lowest BCUT2D eigenvalue weighted by atomic mass is 9.97. The van der Waals surface area contributed by atoms with Gasteiger partial charge in [0.05, 0.1) is 12.3 Å². The Morgan fingerprint density at radius 2 is 1.75 bits per heavy atom. The summed E-state index contributed by atoms with van der Waals surface area (Å²) in [5.41, 5.74) is 3.86. The van der Waals surface area contributed by atoms with E-state index in [1.807, 2.05) is 48.5 Å². The van der Waals surface area contributed by atoms with Crippen LogP contribution in [-0.4, -0.2) is 12.3 Å². The molecule has 4 heteroatoms. The molecule has 0 N–H and O–H groups in total. The van der Waals surface area contributed by atoms with Gasteiger partial charge in [0.2, 0.25) is 0 Å². The molecule has 0 amide bonds. The summed E-state index contributed by atoms with van der Waals surface area (Å²) in [4.78, 5) is 4.65. The summed E-state index contributed by atoms with van der Waals surface area (Å²) in [5, 5.41) is 1.38. The van der Waals surface area contributed by atoms with Crippen molar-refractivity contribution in [1.82, 2.24) is 0 Å². The maximum absolute atomic E-state index is 6.31. The molecule has 3 rings (SSSR count). The van der Waals surface area contributed by atoms with E-state index < -0.39 is 0 Å². The van der Waals surface area contributed by atoms with Gasteiger partial charge in [-0.15, -0.1) is 0 Å². The summed E-state index contributed by atoms with van der Waals surface area (Å²) in [6, 6.07) is 13.5. The molecule has 1 heterocycles. The van der Waals surface area contributed by atoms with E-state index in [4.69, 9.17) is 23.2 Å². The van der Waals surface area contributed by atoms with Crippen LogP contribution in [0.2, 0.25) is 10.0 Å².